The summed E-state index contributed by atoms with van der Waals surface area (Å²) in [5, 5.41) is 38.2. The number of esters is 2. The fourth-order valence-electron chi connectivity index (χ4n) is 2.02. The van der Waals surface area contributed by atoms with E-state index in [2.05, 4.69) is 0 Å². The molecule has 4 N–H and O–H groups in total. The van der Waals surface area contributed by atoms with Crippen LogP contribution in [0.3, 0.4) is 0 Å². The number of carbonyl (C=O) groups excluding carboxylic acids is 2. The molecule has 0 saturated heterocycles. The molecule has 2 rings (SSSR count). The quantitative estimate of drug-likeness (QED) is 0.262. The van der Waals surface area contributed by atoms with Crippen molar-refractivity contribution in [3.63, 3.8) is 0 Å². The van der Waals surface area contributed by atoms with Gasteiger partial charge in [0.05, 0.1) is 12.2 Å². The SMILES string of the molecule is CCCOC(=O)c1cc(O)c(O)c(OC(=O)C=Cc2ccc(O)c(O)c2)c1. The summed E-state index contributed by atoms with van der Waals surface area (Å²) in [5.41, 5.74) is 0.320. The van der Waals surface area contributed by atoms with Crippen molar-refractivity contribution in [2.24, 2.45) is 0 Å². The first-order chi connectivity index (χ1) is 12.8. The molecule has 0 fully saturated rings. The van der Waals surface area contributed by atoms with E-state index in [4.69, 9.17) is 9.47 Å². The van der Waals surface area contributed by atoms with E-state index < -0.39 is 29.2 Å². The highest BCUT2D eigenvalue weighted by molar-refractivity contribution is 5.93. The maximum absolute atomic E-state index is 11.9. The zero-order chi connectivity index (χ0) is 20.0. The van der Waals surface area contributed by atoms with Gasteiger partial charge in [0.1, 0.15) is 0 Å². The summed E-state index contributed by atoms with van der Waals surface area (Å²) in [6.07, 6.45) is 2.91. The van der Waals surface area contributed by atoms with Crippen LogP contribution in [-0.2, 0) is 9.53 Å². The molecule has 0 aliphatic carbocycles. The lowest BCUT2D eigenvalue weighted by Crippen LogP contribution is -2.08. The normalized spacial score (nSPS) is 10.7. The summed E-state index contributed by atoms with van der Waals surface area (Å²) in [5.74, 6) is -4.06. The smallest absolute Gasteiger partial charge is 0.338 e. The largest absolute Gasteiger partial charge is 0.504 e. The third-order valence-corrected chi connectivity index (χ3v) is 3.35. The molecule has 0 amide bonds. The van der Waals surface area contributed by atoms with Gasteiger partial charge in [-0.05, 0) is 42.3 Å². The predicted octanol–water partition coefficient (Wildman–Crippen LogP) is 2.69. The number of rotatable bonds is 6. The van der Waals surface area contributed by atoms with Crippen molar-refractivity contribution in [1.29, 1.82) is 0 Å². The van der Waals surface area contributed by atoms with Crippen LogP contribution in [0.5, 0.6) is 28.7 Å². The van der Waals surface area contributed by atoms with E-state index in [9.17, 15) is 30.0 Å². The lowest BCUT2D eigenvalue weighted by molar-refractivity contribution is -0.129. The van der Waals surface area contributed by atoms with Gasteiger partial charge in [-0.1, -0.05) is 13.0 Å². The van der Waals surface area contributed by atoms with Gasteiger partial charge in [0.15, 0.2) is 23.0 Å². The molecular formula is C19H18O8. The minimum Gasteiger partial charge on any atom is -0.504 e. The minimum atomic E-state index is -0.906. The van der Waals surface area contributed by atoms with Crippen molar-refractivity contribution < 1.29 is 39.5 Å². The van der Waals surface area contributed by atoms with Gasteiger partial charge in [0.2, 0.25) is 5.75 Å². The zero-order valence-corrected chi connectivity index (χ0v) is 14.4. The Labute approximate surface area is 154 Å². The Morgan fingerprint density at radius 1 is 1.00 bits per heavy atom. The van der Waals surface area contributed by atoms with Gasteiger partial charge in [0.25, 0.3) is 0 Å². The van der Waals surface area contributed by atoms with Crippen LogP contribution in [0.15, 0.2) is 36.4 Å². The molecule has 27 heavy (non-hydrogen) atoms. The van der Waals surface area contributed by atoms with Gasteiger partial charge in [-0.15, -0.1) is 0 Å². The lowest BCUT2D eigenvalue weighted by Gasteiger charge is -2.09. The molecule has 0 bridgehead atoms. The van der Waals surface area contributed by atoms with Crippen molar-refractivity contribution >= 4 is 18.0 Å². The summed E-state index contributed by atoms with van der Waals surface area (Å²) in [7, 11) is 0. The molecule has 0 saturated carbocycles. The molecule has 142 valence electrons. The van der Waals surface area contributed by atoms with Crippen LogP contribution in [0.1, 0.15) is 29.3 Å². The number of phenolic OH excluding ortho intramolecular Hbond substituents is 4. The Kier molecular flexibility index (Phi) is 6.27. The van der Waals surface area contributed by atoms with Crippen LogP contribution in [-0.4, -0.2) is 39.0 Å². The Bertz CT molecular complexity index is 886. The third-order valence-electron chi connectivity index (χ3n) is 3.35. The maximum Gasteiger partial charge on any atom is 0.338 e. The minimum absolute atomic E-state index is 0.0889. The van der Waals surface area contributed by atoms with Gasteiger partial charge in [-0.3, -0.25) is 0 Å². The molecule has 0 aromatic heterocycles. The molecule has 8 heteroatoms. The fourth-order valence-corrected chi connectivity index (χ4v) is 2.02. The van der Waals surface area contributed by atoms with Gasteiger partial charge < -0.3 is 29.9 Å². The molecule has 0 radical (unpaired) electrons. The molecule has 0 aliphatic heterocycles. The molecular weight excluding hydrogens is 356 g/mol. The number of benzene rings is 2. The van der Waals surface area contributed by atoms with Crippen LogP contribution in [0.2, 0.25) is 0 Å². The number of phenols is 4. The standard InChI is InChI=1S/C19H18O8/c1-2-7-26-19(25)12-9-15(22)18(24)16(10-12)27-17(23)6-4-11-3-5-13(20)14(21)8-11/h3-6,8-10,20-22,24H,2,7H2,1H3. The molecule has 0 atom stereocenters. The molecule has 2 aromatic carbocycles. The number of hydrogen-bond donors (Lipinski definition) is 4. The Hall–Kier alpha value is -3.68. The Morgan fingerprint density at radius 2 is 1.74 bits per heavy atom. The summed E-state index contributed by atoms with van der Waals surface area (Å²) in [6.45, 7) is 1.99. The maximum atomic E-state index is 11.9. The van der Waals surface area contributed by atoms with E-state index in [0.29, 0.717) is 12.0 Å². The zero-order valence-electron chi connectivity index (χ0n) is 14.4. The highest BCUT2D eigenvalue weighted by Gasteiger charge is 2.17. The molecule has 0 spiro atoms. The molecule has 8 nitrogen and oxygen atoms in total. The van der Waals surface area contributed by atoms with E-state index >= 15 is 0 Å². The van der Waals surface area contributed by atoms with Gasteiger partial charge in [0, 0.05) is 6.08 Å². The van der Waals surface area contributed by atoms with Gasteiger partial charge in [-0.2, -0.15) is 0 Å². The summed E-state index contributed by atoms with van der Waals surface area (Å²) < 4.78 is 9.87. The number of hydrogen-bond acceptors (Lipinski definition) is 8. The van der Waals surface area contributed by atoms with Crippen LogP contribution in [0.4, 0.5) is 0 Å². The monoisotopic (exact) mass is 374 g/mol. The first-order valence-electron chi connectivity index (χ1n) is 7.96. The molecule has 0 heterocycles. The second-order valence-corrected chi connectivity index (χ2v) is 5.48. The van der Waals surface area contributed by atoms with Gasteiger partial charge >= 0.3 is 11.9 Å². The Morgan fingerprint density at radius 3 is 2.41 bits per heavy atom. The number of aromatic hydroxyl groups is 4. The second-order valence-electron chi connectivity index (χ2n) is 5.48. The third kappa shape index (κ3) is 5.15. The van der Waals surface area contributed by atoms with E-state index in [0.717, 1.165) is 18.2 Å². The van der Waals surface area contributed by atoms with E-state index in [-0.39, 0.29) is 23.7 Å². The van der Waals surface area contributed by atoms with E-state index in [1.165, 1.54) is 24.3 Å². The second kappa shape index (κ2) is 8.61. The van der Waals surface area contributed by atoms with E-state index in [1.54, 1.807) is 0 Å². The van der Waals surface area contributed by atoms with Crippen molar-refractivity contribution in [1.82, 2.24) is 0 Å². The number of carbonyl (C=O) groups is 2. The van der Waals surface area contributed by atoms with Crippen molar-refractivity contribution in [2.75, 3.05) is 6.61 Å². The van der Waals surface area contributed by atoms with Crippen molar-refractivity contribution in [3.05, 3.63) is 47.5 Å². The van der Waals surface area contributed by atoms with Crippen LogP contribution in [0, 0.1) is 0 Å². The number of ether oxygens (including phenoxy) is 2. The average molecular weight is 374 g/mol. The van der Waals surface area contributed by atoms with Crippen molar-refractivity contribution in [2.45, 2.75) is 13.3 Å². The summed E-state index contributed by atoms with van der Waals surface area (Å²) in [4.78, 5) is 23.8. The summed E-state index contributed by atoms with van der Waals surface area (Å²) >= 11 is 0. The molecule has 0 aliphatic rings. The lowest BCUT2D eigenvalue weighted by atomic mass is 10.2. The highest BCUT2D eigenvalue weighted by atomic mass is 16.5. The first kappa shape index (κ1) is 19.6. The van der Waals surface area contributed by atoms with Crippen molar-refractivity contribution in [3.8, 4) is 28.7 Å². The molecule has 0 unspecified atom stereocenters. The predicted molar refractivity (Wildman–Crippen MR) is 94.8 cm³/mol. The highest BCUT2D eigenvalue weighted by Crippen LogP contribution is 2.37. The topological polar surface area (TPSA) is 134 Å². The molecule has 2 aromatic rings. The van der Waals surface area contributed by atoms with Crippen LogP contribution in [0.25, 0.3) is 6.08 Å². The van der Waals surface area contributed by atoms with Crippen LogP contribution < -0.4 is 4.74 Å². The fraction of sp³-hybridized carbons (Fsp3) is 0.158. The van der Waals surface area contributed by atoms with Gasteiger partial charge in [-0.25, -0.2) is 9.59 Å². The van der Waals surface area contributed by atoms with Crippen LogP contribution >= 0.6 is 0 Å². The first-order valence-corrected chi connectivity index (χ1v) is 7.96. The average Bonchev–Trinajstić information content (AvgIpc) is 2.64. The Balaban J connectivity index is 2.16. The van der Waals surface area contributed by atoms with E-state index in [1.807, 2.05) is 6.92 Å². The summed E-state index contributed by atoms with van der Waals surface area (Å²) in [6, 6.07) is 6.00.